The molecule has 344 valence electrons. The van der Waals surface area contributed by atoms with Crippen LogP contribution in [0.25, 0.3) is 0 Å². The summed E-state index contributed by atoms with van der Waals surface area (Å²) in [5, 5.41) is 26.9. The zero-order chi connectivity index (χ0) is 46.2. The first-order valence-electron chi connectivity index (χ1n) is 20.0. The first-order valence-corrected chi connectivity index (χ1v) is 20.7. The number of amides is 1. The molecule has 3 N–H and O–H groups in total. The summed E-state index contributed by atoms with van der Waals surface area (Å²) in [7, 11) is 2.81. The van der Waals surface area contributed by atoms with Gasteiger partial charge in [0.05, 0.1) is 95.0 Å². The Hall–Kier alpha value is -4.64. The second-order valence-electron chi connectivity index (χ2n) is 15.5. The predicted octanol–water partition coefficient (Wildman–Crippen LogP) is 7.30. The minimum absolute atomic E-state index is 0.0165. The van der Waals surface area contributed by atoms with E-state index in [2.05, 4.69) is 16.7 Å². The smallest absolute Gasteiger partial charge is 0.494 e. The maximum Gasteiger partial charge on any atom is 0.508 e. The van der Waals surface area contributed by atoms with Gasteiger partial charge in [-0.25, -0.2) is 18.4 Å². The normalized spacial score (nSPS) is 18.4. The van der Waals surface area contributed by atoms with Gasteiger partial charge < -0.3 is 53.6 Å². The monoisotopic (exact) mass is 923 g/mol. The van der Waals surface area contributed by atoms with Crippen molar-refractivity contribution in [2.45, 2.75) is 57.2 Å². The van der Waals surface area contributed by atoms with Crippen molar-refractivity contribution in [2.24, 2.45) is 5.41 Å². The van der Waals surface area contributed by atoms with Crippen molar-refractivity contribution in [1.29, 1.82) is 5.26 Å². The topological polar surface area (TPSA) is 193 Å². The molecule has 4 atom stereocenters. The van der Waals surface area contributed by atoms with Gasteiger partial charge in [-0.3, -0.25) is 4.79 Å². The number of carboxylic acids is 1. The number of rotatable bonds is 24. The second-order valence-corrected chi connectivity index (χ2v) is 16.3. The third-order valence-electron chi connectivity index (χ3n) is 10.0. The number of nitriles is 1. The number of carboxylic acid groups (broad SMARTS) is 1. The fourth-order valence-electron chi connectivity index (χ4n) is 7.33. The van der Waals surface area contributed by atoms with Crippen molar-refractivity contribution in [3.63, 3.8) is 0 Å². The minimum Gasteiger partial charge on any atom is -0.494 e. The van der Waals surface area contributed by atoms with Crippen molar-refractivity contribution in [1.82, 2.24) is 5.32 Å². The first kappa shape index (κ1) is 51.0. The Kier molecular flexibility index (Phi) is 19.8. The highest BCUT2D eigenvalue weighted by Crippen LogP contribution is 2.53. The molecule has 0 spiro atoms. The lowest BCUT2D eigenvalue weighted by atomic mass is 9.62. The molecule has 63 heavy (non-hydrogen) atoms. The Bertz CT molecular complexity index is 2070. The molecule has 1 heterocycles. The van der Waals surface area contributed by atoms with Crippen molar-refractivity contribution < 1.29 is 66.2 Å². The Morgan fingerprint density at radius 1 is 0.873 bits per heavy atom. The standard InChI is InChI=1S/C44H53Cl2F2N3O12/c1-43(2,3)24-35-44(26-49,31-11-9-27(45)23-33(31)47)36(29-7-6-8-32(46)37(29)48)38(51-35)40(52)50-34-12-10-28(41(53)54)30(39(34)57-5)25-63-42(55)62-22-21-61-20-19-60-18-17-59-16-15-58-14-13-56-4/h6-12,23,35-36,38,51H,13-22,24-25H2,1-5H3,(H,50,52)(H,53,54)/t35-,36-,38+,44-/m0/s1. The molecule has 0 unspecified atom stereocenters. The summed E-state index contributed by atoms with van der Waals surface area (Å²) in [5.41, 5.74) is -3.13. The molecule has 1 amide bonds. The minimum atomic E-state index is -1.90. The van der Waals surface area contributed by atoms with E-state index in [1.165, 1.54) is 49.6 Å². The molecule has 1 saturated heterocycles. The number of anilines is 1. The van der Waals surface area contributed by atoms with E-state index in [1.54, 1.807) is 7.11 Å². The molecule has 1 aliphatic rings. The van der Waals surface area contributed by atoms with Crippen LogP contribution >= 0.6 is 23.2 Å². The van der Waals surface area contributed by atoms with Gasteiger partial charge in [-0.2, -0.15) is 5.26 Å². The summed E-state index contributed by atoms with van der Waals surface area (Å²) < 4.78 is 74.5. The first-order chi connectivity index (χ1) is 30.1. The van der Waals surface area contributed by atoms with Gasteiger partial charge in [-0.05, 0) is 47.7 Å². The SMILES string of the molecule is COCCOCCOCCOCCOCCOC(=O)OCc1c(C(=O)O)ccc(NC(=O)[C@@H]2N[C@@H](CC(C)(C)C)[C@](C#N)(c3ccc(Cl)cc3F)[C@H]2c2cccc(Cl)c2F)c1OC. The maximum atomic E-state index is 16.2. The largest absolute Gasteiger partial charge is 0.508 e. The van der Waals surface area contributed by atoms with Crippen LogP contribution in [0, 0.1) is 28.4 Å². The van der Waals surface area contributed by atoms with Crippen LogP contribution in [0.15, 0.2) is 48.5 Å². The van der Waals surface area contributed by atoms with E-state index in [-0.39, 0.29) is 76.6 Å². The molecule has 1 aliphatic heterocycles. The summed E-state index contributed by atoms with van der Waals surface area (Å²) in [4.78, 5) is 39.5. The summed E-state index contributed by atoms with van der Waals surface area (Å²) >= 11 is 12.4. The third-order valence-corrected chi connectivity index (χ3v) is 10.5. The molecule has 0 radical (unpaired) electrons. The highest BCUT2D eigenvalue weighted by Gasteiger charge is 2.61. The number of nitrogens with zero attached hydrogens (tertiary/aromatic N) is 1. The highest BCUT2D eigenvalue weighted by atomic mass is 35.5. The maximum absolute atomic E-state index is 16.2. The van der Waals surface area contributed by atoms with Gasteiger partial charge in [0.2, 0.25) is 5.91 Å². The van der Waals surface area contributed by atoms with Crippen LogP contribution < -0.4 is 15.4 Å². The van der Waals surface area contributed by atoms with E-state index in [1.807, 2.05) is 20.8 Å². The predicted molar refractivity (Wildman–Crippen MR) is 228 cm³/mol. The molecule has 0 aliphatic carbocycles. The summed E-state index contributed by atoms with van der Waals surface area (Å²) in [6.45, 7) is 7.99. The van der Waals surface area contributed by atoms with Gasteiger partial charge in [0.25, 0.3) is 0 Å². The van der Waals surface area contributed by atoms with Gasteiger partial charge in [0.15, 0.2) is 0 Å². The summed E-state index contributed by atoms with van der Waals surface area (Å²) in [6, 6.07) is 10.3. The number of benzene rings is 3. The Balaban J connectivity index is 1.49. The summed E-state index contributed by atoms with van der Waals surface area (Å²) in [5.74, 6) is -5.50. The molecule has 0 saturated carbocycles. The second kappa shape index (κ2) is 24.4. The van der Waals surface area contributed by atoms with Crippen LogP contribution in [0.4, 0.5) is 19.3 Å². The number of aromatic carboxylic acids is 1. The van der Waals surface area contributed by atoms with E-state index in [4.69, 9.17) is 61.1 Å². The van der Waals surface area contributed by atoms with Gasteiger partial charge in [0.1, 0.15) is 36.0 Å². The van der Waals surface area contributed by atoms with Gasteiger partial charge in [-0.1, -0.05) is 62.2 Å². The number of hydrogen-bond acceptors (Lipinski definition) is 13. The van der Waals surface area contributed by atoms with E-state index >= 15 is 8.78 Å². The molecule has 0 aromatic heterocycles. The zero-order valence-electron chi connectivity index (χ0n) is 35.7. The fourth-order valence-corrected chi connectivity index (χ4v) is 7.67. The molecule has 1 fully saturated rings. The highest BCUT2D eigenvalue weighted by molar-refractivity contribution is 6.31. The van der Waals surface area contributed by atoms with Crippen LogP contribution in [-0.4, -0.2) is 116 Å². The van der Waals surface area contributed by atoms with E-state index < -0.39 is 65.1 Å². The number of halogens is 4. The fraction of sp³-hybridized carbons (Fsp3) is 0.500. The Labute approximate surface area is 375 Å². The number of methoxy groups -OCH3 is 2. The third kappa shape index (κ3) is 13.7. The quantitative estimate of drug-likeness (QED) is 0.0599. The number of nitrogens with one attached hydrogen (secondary N) is 2. The van der Waals surface area contributed by atoms with Gasteiger partial charge in [-0.15, -0.1) is 0 Å². The molecule has 3 aromatic carbocycles. The van der Waals surface area contributed by atoms with Crippen LogP contribution in [0.3, 0.4) is 0 Å². The average molecular weight is 925 g/mol. The van der Waals surface area contributed by atoms with Crippen molar-refractivity contribution >= 4 is 46.9 Å². The lowest BCUT2D eigenvalue weighted by Gasteiger charge is -2.37. The molecule has 0 bridgehead atoms. The van der Waals surface area contributed by atoms with Crippen molar-refractivity contribution in [3.8, 4) is 11.8 Å². The van der Waals surface area contributed by atoms with E-state index in [9.17, 15) is 24.8 Å². The lowest BCUT2D eigenvalue weighted by Crippen LogP contribution is -2.45. The van der Waals surface area contributed by atoms with Crippen LogP contribution in [0.1, 0.15) is 60.2 Å². The lowest BCUT2D eigenvalue weighted by molar-refractivity contribution is -0.118. The number of ether oxygens (including phenoxy) is 8. The van der Waals surface area contributed by atoms with E-state index in [0.29, 0.717) is 39.6 Å². The van der Waals surface area contributed by atoms with Gasteiger partial charge in [0, 0.05) is 35.2 Å². The summed E-state index contributed by atoms with van der Waals surface area (Å²) in [6.07, 6.45) is -0.914. The molecule has 19 heteroatoms. The Morgan fingerprint density at radius 3 is 2.05 bits per heavy atom. The Morgan fingerprint density at radius 2 is 1.49 bits per heavy atom. The van der Waals surface area contributed by atoms with Crippen molar-refractivity contribution in [2.75, 3.05) is 85.6 Å². The molecular formula is C44H53Cl2F2N3O12. The zero-order valence-corrected chi connectivity index (χ0v) is 37.2. The molecular weight excluding hydrogens is 871 g/mol. The van der Waals surface area contributed by atoms with Gasteiger partial charge >= 0.3 is 12.1 Å². The molecule has 15 nitrogen and oxygen atoms in total. The molecule has 3 aromatic rings. The number of hydrogen-bond donors (Lipinski definition) is 3. The number of carbonyl (C=O) groups is 3. The van der Waals surface area contributed by atoms with Crippen LogP contribution in [-0.2, 0) is 50.0 Å². The van der Waals surface area contributed by atoms with Crippen LogP contribution in [0.2, 0.25) is 10.0 Å². The van der Waals surface area contributed by atoms with E-state index in [0.717, 1.165) is 6.07 Å². The van der Waals surface area contributed by atoms with Crippen LogP contribution in [0.5, 0.6) is 5.75 Å². The van der Waals surface area contributed by atoms with Crippen molar-refractivity contribution in [3.05, 3.63) is 92.5 Å². The average Bonchev–Trinajstić information content (AvgIpc) is 3.55. The number of carbonyl (C=O) groups excluding carboxylic acids is 2. The molecule has 4 rings (SSSR count).